The Morgan fingerprint density at radius 3 is 2.35 bits per heavy atom. The molecule has 0 fully saturated rings. The monoisotopic (exact) mass is 231 g/mol. The van der Waals surface area contributed by atoms with Gasteiger partial charge >= 0.3 is 5.97 Å². The van der Waals surface area contributed by atoms with Crippen molar-refractivity contribution < 1.29 is 14.3 Å². The Kier molecular flexibility index (Phi) is 4.41. The molecule has 1 aromatic carbocycles. The molecule has 0 radical (unpaired) electrons. The molecule has 0 bridgehead atoms. The zero-order chi connectivity index (χ0) is 12.8. The van der Waals surface area contributed by atoms with Crippen LogP contribution >= 0.6 is 0 Å². The number of hydrogen-bond acceptors (Lipinski definition) is 4. The van der Waals surface area contributed by atoms with Crippen LogP contribution < -0.4 is 0 Å². The third-order valence-corrected chi connectivity index (χ3v) is 2.30. The van der Waals surface area contributed by atoms with E-state index in [1.807, 2.05) is 6.07 Å². The van der Waals surface area contributed by atoms with Crippen LogP contribution in [0.1, 0.15) is 30.9 Å². The number of Topliss-reactive ketones (excluding diaryl/α,β-unsaturated/α-hetero) is 1. The maximum Gasteiger partial charge on any atom is 0.320 e. The Bertz CT molecular complexity index is 457. The Labute approximate surface area is 99.8 Å². The highest BCUT2D eigenvalue weighted by molar-refractivity contribution is 6.03. The highest BCUT2D eigenvalue weighted by atomic mass is 16.5. The molecule has 4 heteroatoms. The molecule has 17 heavy (non-hydrogen) atoms. The SMILES string of the molecule is CCOC(=O)C(C(C)=O)c1ccc(C#N)cc1. The van der Waals surface area contributed by atoms with Crippen LogP contribution in [-0.4, -0.2) is 18.4 Å². The molecule has 0 aromatic heterocycles. The summed E-state index contributed by atoms with van der Waals surface area (Å²) in [5.74, 6) is -1.72. The fourth-order valence-corrected chi connectivity index (χ4v) is 1.51. The standard InChI is InChI=1S/C13H13NO3/c1-3-17-13(16)12(9(2)15)11-6-4-10(8-14)5-7-11/h4-7,12H,3H2,1-2H3. The van der Waals surface area contributed by atoms with E-state index in [4.69, 9.17) is 10.00 Å². The fourth-order valence-electron chi connectivity index (χ4n) is 1.51. The summed E-state index contributed by atoms with van der Waals surface area (Å²) < 4.78 is 4.85. The summed E-state index contributed by atoms with van der Waals surface area (Å²) in [6.07, 6.45) is 0. The maximum atomic E-state index is 11.6. The van der Waals surface area contributed by atoms with E-state index in [1.54, 1.807) is 31.2 Å². The van der Waals surface area contributed by atoms with E-state index in [9.17, 15) is 9.59 Å². The van der Waals surface area contributed by atoms with Crippen molar-refractivity contribution >= 4 is 11.8 Å². The van der Waals surface area contributed by atoms with Gasteiger partial charge in [0.15, 0.2) is 0 Å². The van der Waals surface area contributed by atoms with Gasteiger partial charge in [-0.05, 0) is 31.5 Å². The van der Waals surface area contributed by atoms with Gasteiger partial charge in [-0.25, -0.2) is 0 Å². The number of esters is 1. The molecule has 1 atom stereocenters. The third-order valence-electron chi connectivity index (χ3n) is 2.30. The van der Waals surface area contributed by atoms with E-state index < -0.39 is 11.9 Å². The first kappa shape index (κ1) is 12.9. The number of ketones is 1. The van der Waals surface area contributed by atoms with E-state index in [1.165, 1.54) is 6.92 Å². The highest BCUT2D eigenvalue weighted by Crippen LogP contribution is 2.19. The number of rotatable bonds is 4. The van der Waals surface area contributed by atoms with Gasteiger partial charge in [0.25, 0.3) is 0 Å². The molecule has 1 unspecified atom stereocenters. The van der Waals surface area contributed by atoms with Gasteiger partial charge in [0.1, 0.15) is 11.7 Å². The minimum atomic E-state index is -0.900. The van der Waals surface area contributed by atoms with Crippen LogP contribution in [0, 0.1) is 11.3 Å². The van der Waals surface area contributed by atoms with E-state index in [-0.39, 0.29) is 12.4 Å². The number of benzene rings is 1. The lowest BCUT2D eigenvalue weighted by Crippen LogP contribution is -2.22. The zero-order valence-corrected chi connectivity index (χ0v) is 9.77. The number of carbonyl (C=O) groups excluding carboxylic acids is 2. The second-order valence-corrected chi connectivity index (χ2v) is 3.53. The molecule has 4 nitrogen and oxygen atoms in total. The Morgan fingerprint density at radius 1 is 1.35 bits per heavy atom. The van der Waals surface area contributed by atoms with E-state index in [0.29, 0.717) is 11.1 Å². The number of ether oxygens (including phenoxy) is 1. The molecule has 0 aliphatic rings. The summed E-state index contributed by atoms with van der Waals surface area (Å²) in [6, 6.07) is 8.32. The highest BCUT2D eigenvalue weighted by Gasteiger charge is 2.26. The van der Waals surface area contributed by atoms with E-state index in [2.05, 4.69) is 0 Å². The summed E-state index contributed by atoms with van der Waals surface area (Å²) in [6.45, 7) is 3.27. The first-order chi connectivity index (χ1) is 8.10. The summed E-state index contributed by atoms with van der Waals surface area (Å²) in [4.78, 5) is 23.1. The van der Waals surface area contributed by atoms with Gasteiger partial charge in [0, 0.05) is 0 Å². The van der Waals surface area contributed by atoms with E-state index >= 15 is 0 Å². The van der Waals surface area contributed by atoms with Crippen LogP contribution in [-0.2, 0) is 14.3 Å². The van der Waals surface area contributed by atoms with Crippen LogP contribution in [0.25, 0.3) is 0 Å². The van der Waals surface area contributed by atoms with Gasteiger partial charge < -0.3 is 4.74 Å². The fraction of sp³-hybridized carbons (Fsp3) is 0.308. The third kappa shape index (κ3) is 3.15. The van der Waals surface area contributed by atoms with Crippen molar-refractivity contribution in [2.75, 3.05) is 6.61 Å². The van der Waals surface area contributed by atoms with Gasteiger partial charge in [0.2, 0.25) is 0 Å². The topological polar surface area (TPSA) is 67.2 Å². The number of carbonyl (C=O) groups is 2. The lowest BCUT2D eigenvalue weighted by molar-refractivity contribution is -0.147. The first-order valence-corrected chi connectivity index (χ1v) is 5.27. The van der Waals surface area contributed by atoms with E-state index in [0.717, 1.165) is 0 Å². The molecule has 88 valence electrons. The molecule has 0 aliphatic carbocycles. The smallest absolute Gasteiger partial charge is 0.320 e. The molecule has 0 saturated carbocycles. The number of hydrogen-bond donors (Lipinski definition) is 0. The van der Waals surface area contributed by atoms with Crippen LogP contribution in [0.3, 0.4) is 0 Å². The molecular formula is C13H13NO3. The Morgan fingerprint density at radius 2 is 1.94 bits per heavy atom. The molecule has 0 aliphatic heterocycles. The lowest BCUT2D eigenvalue weighted by Gasteiger charge is -2.12. The van der Waals surface area contributed by atoms with Crippen molar-refractivity contribution in [1.82, 2.24) is 0 Å². The average Bonchev–Trinajstić information content (AvgIpc) is 2.30. The Hall–Kier alpha value is -2.15. The van der Waals surface area contributed by atoms with Gasteiger partial charge in [0.05, 0.1) is 18.2 Å². The van der Waals surface area contributed by atoms with Crippen molar-refractivity contribution in [2.24, 2.45) is 0 Å². The first-order valence-electron chi connectivity index (χ1n) is 5.27. The maximum absolute atomic E-state index is 11.6. The summed E-state index contributed by atoms with van der Waals surface area (Å²) in [5, 5.41) is 8.66. The average molecular weight is 231 g/mol. The quantitative estimate of drug-likeness (QED) is 0.585. The molecule has 0 N–H and O–H groups in total. The van der Waals surface area contributed by atoms with Gasteiger partial charge in [-0.3, -0.25) is 9.59 Å². The summed E-state index contributed by atoms with van der Waals surface area (Å²) in [5.41, 5.74) is 1.04. The van der Waals surface area contributed by atoms with Crippen LogP contribution in [0.15, 0.2) is 24.3 Å². The van der Waals surface area contributed by atoms with Crippen molar-refractivity contribution in [1.29, 1.82) is 5.26 Å². The van der Waals surface area contributed by atoms with Gasteiger partial charge in [-0.2, -0.15) is 5.26 Å². The number of nitriles is 1. The summed E-state index contributed by atoms with van der Waals surface area (Å²) in [7, 11) is 0. The van der Waals surface area contributed by atoms with Crippen molar-refractivity contribution in [2.45, 2.75) is 19.8 Å². The molecule has 0 amide bonds. The molecular weight excluding hydrogens is 218 g/mol. The molecule has 0 spiro atoms. The zero-order valence-electron chi connectivity index (χ0n) is 9.77. The van der Waals surface area contributed by atoms with Crippen molar-refractivity contribution in [3.63, 3.8) is 0 Å². The minimum Gasteiger partial charge on any atom is -0.465 e. The van der Waals surface area contributed by atoms with Crippen LogP contribution in [0.5, 0.6) is 0 Å². The predicted molar refractivity (Wildman–Crippen MR) is 61.2 cm³/mol. The summed E-state index contributed by atoms with van der Waals surface area (Å²) >= 11 is 0. The van der Waals surface area contributed by atoms with Gasteiger partial charge in [-0.1, -0.05) is 12.1 Å². The second-order valence-electron chi connectivity index (χ2n) is 3.53. The molecule has 1 rings (SSSR count). The van der Waals surface area contributed by atoms with Crippen molar-refractivity contribution in [3.05, 3.63) is 35.4 Å². The molecule has 0 saturated heterocycles. The molecule has 0 heterocycles. The largest absolute Gasteiger partial charge is 0.465 e. The number of nitrogens with zero attached hydrogens (tertiary/aromatic N) is 1. The van der Waals surface area contributed by atoms with Gasteiger partial charge in [-0.15, -0.1) is 0 Å². The lowest BCUT2D eigenvalue weighted by atomic mass is 9.95. The van der Waals surface area contributed by atoms with Crippen molar-refractivity contribution in [3.8, 4) is 6.07 Å². The molecule has 1 aromatic rings. The van der Waals surface area contributed by atoms with Crippen LogP contribution in [0.4, 0.5) is 0 Å². The second kappa shape index (κ2) is 5.80. The normalized spacial score (nSPS) is 11.4. The van der Waals surface area contributed by atoms with Crippen LogP contribution in [0.2, 0.25) is 0 Å². The predicted octanol–water partition coefficient (Wildman–Crippen LogP) is 1.79. The minimum absolute atomic E-state index is 0.235. The Balaban J connectivity index is 3.02.